The molecule has 0 aliphatic carbocycles. The maximum Gasteiger partial charge on any atom is 0.291 e. The molecule has 0 aliphatic rings. The van der Waals surface area contributed by atoms with E-state index in [4.69, 9.17) is 4.42 Å². The minimum atomic E-state index is -0.898. The third-order valence-corrected chi connectivity index (χ3v) is 4.22. The Morgan fingerprint density at radius 2 is 1.61 bits per heavy atom. The number of carbonyl (C=O) groups is 3. The van der Waals surface area contributed by atoms with Crippen molar-refractivity contribution in [2.24, 2.45) is 0 Å². The second kappa shape index (κ2) is 9.35. The van der Waals surface area contributed by atoms with Crippen LogP contribution in [0.4, 0.5) is 17.1 Å². The van der Waals surface area contributed by atoms with Crippen LogP contribution in [0.5, 0.6) is 0 Å². The highest BCUT2D eigenvalue weighted by atomic mass is 16.6. The molecule has 10 nitrogen and oxygen atoms in total. The van der Waals surface area contributed by atoms with Gasteiger partial charge in [0.1, 0.15) is 6.04 Å². The number of hydrogen-bond donors (Lipinski definition) is 3. The van der Waals surface area contributed by atoms with E-state index in [1.165, 1.54) is 37.5 Å². The number of furan rings is 1. The molecule has 0 aliphatic heterocycles. The maximum atomic E-state index is 12.4. The molecule has 158 valence electrons. The fourth-order valence-electron chi connectivity index (χ4n) is 2.59. The molecular weight excluding hydrogens is 404 g/mol. The Balaban J connectivity index is 1.55. The lowest BCUT2D eigenvalue weighted by Gasteiger charge is -2.14. The average Bonchev–Trinajstić information content (AvgIpc) is 3.30. The molecule has 2 aromatic carbocycles. The zero-order valence-corrected chi connectivity index (χ0v) is 16.3. The van der Waals surface area contributed by atoms with Crippen molar-refractivity contribution in [1.82, 2.24) is 5.32 Å². The van der Waals surface area contributed by atoms with E-state index < -0.39 is 28.7 Å². The number of carbonyl (C=O) groups excluding carboxylic acids is 3. The highest BCUT2D eigenvalue weighted by molar-refractivity contribution is 6.03. The first kappa shape index (κ1) is 21.2. The summed E-state index contributed by atoms with van der Waals surface area (Å²) in [5, 5.41) is 18.6. The van der Waals surface area contributed by atoms with Crippen LogP contribution in [0.2, 0.25) is 0 Å². The number of nitro groups is 1. The second-order valence-electron chi connectivity index (χ2n) is 6.50. The Hall–Kier alpha value is -4.47. The van der Waals surface area contributed by atoms with Gasteiger partial charge in [0, 0.05) is 29.1 Å². The number of amides is 3. The third kappa shape index (κ3) is 5.54. The van der Waals surface area contributed by atoms with E-state index in [9.17, 15) is 24.5 Å². The van der Waals surface area contributed by atoms with Crippen molar-refractivity contribution in [3.8, 4) is 0 Å². The Bertz CT molecular complexity index is 1110. The van der Waals surface area contributed by atoms with Gasteiger partial charge in [-0.25, -0.2) is 0 Å². The van der Waals surface area contributed by atoms with Gasteiger partial charge in [0.2, 0.25) is 5.91 Å². The van der Waals surface area contributed by atoms with E-state index >= 15 is 0 Å². The van der Waals surface area contributed by atoms with Crippen LogP contribution < -0.4 is 16.0 Å². The van der Waals surface area contributed by atoms with Gasteiger partial charge in [0.15, 0.2) is 5.76 Å². The van der Waals surface area contributed by atoms with Gasteiger partial charge in [-0.15, -0.1) is 0 Å². The highest BCUT2D eigenvalue weighted by Gasteiger charge is 2.18. The Labute approximate surface area is 176 Å². The van der Waals surface area contributed by atoms with Crippen molar-refractivity contribution in [2.75, 3.05) is 10.6 Å². The van der Waals surface area contributed by atoms with E-state index in [1.54, 1.807) is 30.3 Å². The molecule has 0 saturated carbocycles. The first-order valence-corrected chi connectivity index (χ1v) is 9.14. The molecule has 0 saturated heterocycles. The lowest BCUT2D eigenvalue weighted by molar-refractivity contribution is -0.384. The van der Waals surface area contributed by atoms with Crippen LogP contribution in [0.15, 0.2) is 71.3 Å². The van der Waals surface area contributed by atoms with Crippen LogP contribution in [-0.2, 0) is 4.79 Å². The normalized spacial score (nSPS) is 11.3. The number of nitro benzene ring substituents is 1. The van der Waals surface area contributed by atoms with E-state index in [0.717, 1.165) is 6.07 Å². The van der Waals surface area contributed by atoms with Crippen LogP contribution in [0, 0.1) is 10.1 Å². The van der Waals surface area contributed by atoms with Crippen molar-refractivity contribution in [1.29, 1.82) is 0 Å². The average molecular weight is 422 g/mol. The number of non-ortho nitro benzene ring substituents is 1. The second-order valence-corrected chi connectivity index (χ2v) is 6.50. The summed E-state index contributed by atoms with van der Waals surface area (Å²) < 4.78 is 5.02. The summed E-state index contributed by atoms with van der Waals surface area (Å²) in [6.45, 7) is 1.49. The minimum absolute atomic E-state index is 0.0745. The van der Waals surface area contributed by atoms with Crippen LogP contribution in [0.25, 0.3) is 0 Å². The van der Waals surface area contributed by atoms with E-state index in [2.05, 4.69) is 16.0 Å². The van der Waals surface area contributed by atoms with Crippen molar-refractivity contribution < 1.29 is 23.7 Å². The summed E-state index contributed by atoms with van der Waals surface area (Å²) in [6.07, 6.45) is 1.40. The summed E-state index contributed by atoms with van der Waals surface area (Å²) in [6, 6.07) is 13.8. The number of hydrogen-bond acceptors (Lipinski definition) is 6. The largest absolute Gasteiger partial charge is 0.459 e. The van der Waals surface area contributed by atoms with Crippen LogP contribution >= 0.6 is 0 Å². The summed E-state index contributed by atoms with van der Waals surface area (Å²) >= 11 is 0. The molecule has 0 fully saturated rings. The molecule has 0 radical (unpaired) electrons. The summed E-state index contributed by atoms with van der Waals surface area (Å²) in [7, 11) is 0. The number of nitrogens with zero attached hydrogens (tertiary/aromatic N) is 1. The summed E-state index contributed by atoms with van der Waals surface area (Å²) in [4.78, 5) is 46.8. The Morgan fingerprint density at radius 3 is 2.23 bits per heavy atom. The fourth-order valence-corrected chi connectivity index (χ4v) is 2.59. The molecule has 1 aromatic heterocycles. The summed E-state index contributed by atoms with van der Waals surface area (Å²) in [5.41, 5.74) is 0.818. The van der Waals surface area contributed by atoms with Crippen molar-refractivity contribution >= 4 is 34.8 Å². The quantitative estimate of drug-likeness (QED) is 0.394. The fraction of sp³-hybridized carbons (Fsp3) is 0.0952. The van der Waals surface area contributed by atoms with E-state index in [0.29, 0.717) is 11.4 Å². The van der Waals surface area contributed by atoms with Crippen LogP contribution in [0.3, 0.4) is 0 Å². The standard InChI is InChI=1S/C21H18N4O6/c1-13(22-20(27)14-4-2-5-17(12-14)25(29)30)19(26)23-15-7-9-16(10-8-15)24-21(28)18-6-3-11-31-18/h2-13H,1H3,(H,22,27)(H,23,26)(H,24,28). The lowest BCUT2D eigenvalue weighted by Crippen LogP contribution is -2.41. The van der Waals surface area contributed by atoms with Gasteiger partial charge < -0.3 is 20.4 Å². The number of rotatable bonds is 7. The smallest absolute Gasteiger partial charge is 0.291 e. The van der Waals surface area contributed by atoms with Crippen molar-refractivity contribution in [3.05, 3.63) is 88.4 Å². The molecule has 0 spiro atoms. The molecular formula is C21H18N4O6. The van der Waals surface area contributed by atoms with Crippen LogP contribution in [0.1, 0.15) is 27.8 Å². The first-order valence-electron chi connectivity index (χ1n) is 9.14. The number of anilines is 2. The van der Waals surface area contributed by atoms with Gasteiger partial charge in [0.25, 0.3) is 17.5 Å². The molecule has 3 amide bonds. The zero-order valence-electron chi connectivity index (χ0n) is 16.3. The SMILES string of the molecule is CC(NC(=O)c1cccc([N+](=O)[O-])c1)C(=O)Nc1ccc(NC(=O)c2ccco2)cc1. The third-order valence-electron chi connectivity index (χ3n) is 4.22. The predicted octanol–water partition coefficient (Wildman–Crippen LogP) is 3.20. The molecule has 1 unspecified atom stereocenters. The van der Waals surface area contributed by atoms with Gasteiger partial charge in [0.05, 0.1) is 11.2 Å². The molecule has 3 N–H and O–H groups in total. The Kier molecular flexibility index (Phi) is 6.41. The monoisotopic (exact) mass is 422 g/mol. The van der Waals surface area contributed by atoms with E-state index in [1.807, 2.05) is 0 Å². The van der Waals surface area contributed by atoms with Gasteiger partial charge in [-0.2, -0.15) is 0 Å². The molecule has 31 heavy (non-hydrogen) atoms. The summed E-state index contributed by atoms with van der Waals surface area (Å²) in [5.74, 6) is -1.32. The highest BCUT2D eigenvalue weighted by Crippen LogP contribution is 2.16. The predicted molar refractivity (Wildman–Crippen MR) is 112 cm³/mol. The molecule has 10 heteroatoms. The van der Waals surface area contributed by atoms with Gasteiger partial charge in [-0.3, -0.25) is 24.5 Å². The molecule has 3 aromatic rings. The Morgan fingerprint density at radius 1 is 0.935 bits per heavy atom. The zero-order chi connectivity index (χ0) is 22.4. The molecule has 0 bridgehead atoms. The molecule has 1 heterocycles. The molecule has 1 atom stereocenters. The number of nitrogens with one attached hydrogen (secondary N) is 3. The van der Waals surface area contributed by atoms with Gasteiger partial charge >= 0.3 is 0 Å². The van der Waals surface area contributed by atoms with E-state index in [-0.39, 0.29) is 17.0 Å². The first-order chi connectivity index (χ1) is 14.8. The number of benzene rings is 2. The lowest BCUT2D eigenvalue weighted by atomic mass is 10.1. The van der Waals surface area contributed by atoms with Crippen molar-refractivity contribution in [2.45, 2.75) is 13.0 Å². The maximum absolute atomic E-state index is 12.4. The van der Waals surface area contributed by atoms with Gasteiger partial charge in [-0.05, 0) is 49.4 Å². The van der Waals surface area contributed by atoms with Crippen LogP contribution in [-0.4, -0.2) is 28.7 Å². The van der Waals surface area contributed by atoms with Crippen molar-refractivity contribution in [3.63, 3.8) is 0 Å². The minimum Gasteiger partial charge on any atom is -0.459 e. The topological polar surface area (TPSA) is 144 Å². The molecule has 3 rings (SSSR count). The van der Waals surface area contributed by atoms with Gasteiger partial charge in [-0.1, -0.05) is 6.07 Å².